The molecular weight excluding hydrogens is 344 g/mol. The third-order valence-corrected chi connectivity index (χ3v) is 5.22. The van der Waals surface area contributed by atoms with Gasteiger partial charge in [-0.1, -0.05) is 42.4 Å². The van der Waals surface area contributed by atoms with Gasteiger partial charge in [-0.2, -0.15) is 4.98 Å². The molecule has 1 aromatic carbocycles. The van der Waals surface area contributed by atoms with E-state index in [9.17, 15) is 4.79 Å². The number of allylic oxidation sites excluding steroid dienone is 2. The zero-order valence-corrected chi connectivity index (χ0v) is 15.0. The highest BCUT2D eigenvalue weighted by molar-refractivity contribution is 7.98. The number of nitrogens with one attached hydrogen (secondary N) is 1. The van der Waals surface area contributed by atoms with Gasteiger partial charge in [-0.25, -0.2) is 4.68 Å². The van der Waals surface area contributed by atoms with Crippen LogP contribution in [0.1, 0.15) is 31.4 Å². The molecule has 0 bridgehead atoms. The number of carbonyl (C=O) groups is 1. The number of fused-ring (bicyclic) bond motifs is 1. The Kier molecular flexibility index (Phi) is 3.89. The van der Waals surface area contributed by atoms with Crippen molar-refractivity contribution in [2.24, 2.45) is 5.92 Å². The molecule has 24 heavy (non-hydrogen) atoms. The molecule has 0 saturated carbocycles. The normalized spacial score (nSPS) is 22.9. The fourth-order valence-corrected chi connectivity index (χ4v) is 4.00. The van der Waals surface area contributed by atoms with E-state index in [1.54, 1.807) is 0 Å². The molecule has 0 spiro atoms. The second kappa shape index (κ2) is 5.93. The van der Waals surface area contributed by atoms with Crippen LogP contribution in [0.2, 0.25) is 5.02 Å². The Morgan fingerprint density at radius 1 is 1.38 bits per heavy atom. The summed E-state index contributed by atoms with van der Waals surface area (Å²) < 4.78 is 1.81. The second-order valence-corrected chi connectivity index (χ2v) is 7.49. The molecule has 2 aromatic rings. The number of rotatable bonds is 2. The fourth-order valence-electron chi connectivity index (χ4n) is 3.46. The molecule has 0 unspecified atom stereocenters. The molecule has 0 amide bonds. The Morgan fingerprint density at radius 2 is 2.21 bits per heavy atom. The maximum Gasteiger partial charge on any atom is 0.227 e. The SMILES string of the molecule is CSc1nc2n(n1)[C@@H](c1cccc(Cl)c1)C1=C(C[C@H](C)CC1=O)N2. The number of Topliss-reactive ketones (excluding diaryl/α,β-unsaturated/α-hetero) is 1. The van der Waals surface area contributed by atoms with Gasteiger partial charge in [0, 0.05) is 22.7 Å². The number of hydrogen-bond acceptors (Lipinski definition) is 5. The highest BCUT2D eigenvalue weighted by atomic mass is 35.5. The van der Waals surface area contributed by atoms with E-state index in [1.165, 1.54) is 11.8 Å². The first-order chi connectivity index (χ1) is 11.6. The van der Waals surface area contributed by atoms with Crippen LogP contribution in [0.3, 0.4) is 0 Å². The molecule has 0 saturated heterocycles. The Morgan fingerprint density at radius 3 is 2.96 bits per heavy atom. The summed E-state index contributed by atoms with van der Waals surface area (Å²) in [6.07, 6.45) is 3.35. The molecule has 2 aliphatic rings. The van der Waals surface area contributed by atoms with Gasteiger partial charge in [0.15, 0.2) is 5.78 Å². The van der Waals surface area contributed by atoms with Gasteiger partial charge in [-0.05, 0) is 36.3 Å². The standard InChI is InChI=1S/C17H17ClN4OS/c1-9-6-12-14(13(23)7-9)15(10-4-3-5-11(18)8-10)22-16(19-12)20-17(21-22)24-2/h3-5,8-9,15H,6-7H2,1-2H3,(H,19,20,21)/t9-,15-/m0/s1. The lowest BCUT2D eigenvalue weighted by Gasteiger charge is -2.34. The van der Waals surface area contributed by atoms with Gasteiger partial charge >= 0.3 is 0 Å². The van der Waals surface area contributed by atoms with Gasteiger partial charge in [-0.15, -0.1) is 5.10 Å². The van der Waals surface area contributed by atoms with E-state index >= 15 is 0 Å². The van der Waals surface area contributed by atoms with E-state index in [-0.39, 0.29) is 11.8 Å². The fraction of sp³-hybridized carbons (Fsp3) is 0.353. The molecule has 1 N–H and O–H groups in total. The molecule has 4 rings (SSSR count). The topological polar surface area (TPSA) is 59.8 Å². The van der Waals surface area contributed by atoms with E-state index in [4.69, 9.17) is 11.6 Å². The van der Waals surface area contributed by atoms with Crippen LogP contribution in [0.5, 0.6) is 0 Å². The minimum absolute atomic E-state index is 0.174. The molecule has 124 valence electrons. The predicted octanol–water partition coefficient (Wildman–Crippen LogP) is 3.92. The van der Waals surface area contributed by atoms with Gasteiger partial charge < -0.3 is 5.32 Å². The van der Waals surface area contributed by atoms with E-state index in [2.05, 4.69) is 22.3 Å². The zero-order chi connectivity index (χ0) is 16.8. The summed E-state index contributed by atoms with van der Waals surface area (Å²) in [4.78, 5) is 17.3. The largest absolute Gasteiger partial charge is 0.328 e. The van der Waals surface area contributed by atoms with Gasteiger partial charge in [0.1, 0.15) is 6.04 Å². The Bertz CT molecular complexity index is 860. The molecule has 0 radical (unpaired) electrons. The number of benzene rings is 1. The molecule has 0 fully saturated rings. The Balaban J connectivity index is 1.92. The highest BCUT2D eigenvalue weighted by Gasteiger charge is 2.38. The lowest BCUT2D eigenvalue weighted by Crippen LogP contribution is -2.33. The van der Waals surface area contributed by atoms with Crippen LogP contribution >= 0.6 is 23.4 Å². The lowest BCUT2D eigenvalue weighted by atomic mass is 9.81. The Hall–Kier alpha value is -1.79. The van der Waals surface area contributed by atoms with E-state index in [0.29, 0.717) is 28.5 Å². The molecule has 7 heteroatoms. The zero-order valence-electron chi connectivity index (χ0n) is 13.4. The van der Waals surface area contributed by atoms with Crippen molar-refractivity contribution in [1.29, 1.82) is 0 Å². The van der Waals surface area contributed by atoms with Crippen LogP contribution < -0.4 is 5.32 Å². The number of nitrogens with zero attached hydrogens (tertiary/aromatic N) is 3. The minimum atomic E-state index is -0.275. The summed E-state index contributed by atoms with van der Waals surface area (Å²) in [6, 6.07) is 7.35. The first-order valence-electron chi connectivity index (χ1n) is 7.86. The summed E-state index contributed by atoms with van der Waals surface area (Å²) in [5.74, 6) is 1.19. The van der Waals surface area contributed by atoms with Crippen LogP contribution in [0.25, 0.3) is 0 Å². The maximum atomic E-state index is 12.8. The van der Waals surface area contributed by atoms with E-state index in [0.717, 1.165) is 23.3 Å². The molecule has 1 aliphatic carbocycles. The third-order valence-electron chi connectivity index (χ3n) is 4.45. The number of hydrogen-bond donors (Lipinski definition) is 1. The van der Waals surface area contributed by atoms with Crippen molar-refractivity contribution in [3.8, 4) is 0 Å². The number of carbonyl (C=O) groups excluding carboxylic acids is 1. The molecule has 1 aliphatic heterocycles. The van der Waals surface area contributed by atoms with Crippen molar-refractivity contribution in [2.75, 3.05) is 11.6 Å². The van der Waals surface area contributed by atoms with Crippen LogP contribution in [0.15, 0.2) is 40.7 Å². The molecule has 5 nitrogen and oxygen atoms in total. The number of ketones is 1. The number of halogens is 1. The van der Waals surface area contributed by atoms with Gasteiger partial charge in [0.25, 0.3) is 0 Å². The van der Waals surface area contributed by atoms with Crippen LogP contribution in [0, 0.1) is 5.92 Å². The number of thioether (sulfide) groups is 1. The molecule has 2 heterocycles. The average molecular weight is 361 g/mol. The molecular formula is C17H17ClN4OS. The third kappa shape index (κ3) is 2.54. The highest BCUT2D eigenvalue weighted by Crippen LogP contribution is 2.42. The van der Waals surface area contributed by atoms with Crippen molar-refractivity contribution >= 4 is 35.1 Å². The number of aromatic nitrogens is 3. The maximum absolute atomic E-state index is 12.8. The molecule has 2 atom stereocenters. The summed E-state index contributed by atoms with van der Waals surface area (Å²) >= 11 is 7.68. The smallest absolute Gasteiger partial charge is 0.227 e. The van der Waals surface area contributed by atoms with Crippen molar-refractivity contribution in [3.05, 3.63) is 46.1 Å². The first kappa shape index (κ1) is 15.7. The minimum Gasteiger partial charge on any atom is -0.328 e. The van der Waals surface area contributed by atoms with E-state index in [1.807, 2.05) is 35.2 Å². The molecule has 1 aromatic heterocycles. The summed E-state index contributed by atoms with van der Waals surface area (Å²) in [7, 11) is 0. The first-order valence-corrected chi connectivity index (χ1v) is 9.46. The van der Waals surface area contributed by atoms with Crippen LogP contribution in [-0.4, -0.2) is 26.8 Å². The lowest BCUT2D eigenvalue weighted by molar-refractivity contribution is -0.117. The quantitative estimate of drug-likeness (QED) is 0.822. The van der Waals surface area contributed by atoms with Crippen molar-refractivity contribution in [1.82, 2.24) is 14.8 Å². The average Bonchev–Trinajstić information content (AvgIpc) is 2.95. The van der Waals surface area contributed by atoms with E-state index < -0.39 is 0 Å². The van der Waals surface area contributed by atoms with Crippen molar-refractivity contribution in [3.63, 3.8) is 0 Å². The van der Waals surface area contributed by atoms with Crippen molar-refractivity contribution < 1.29 is 4.79 Å². The van der Waals surface area contributed by atoms with Crippen LogP contribution in [0.4, 0.5) is 5.95 Å². The second-order valence-electron chi connectivity index (χ2n) is 6.28. The number of anilines is 1. The predicted molar refractivity (Wildman–Crippen MR) is 95.4 cm³/mol. The summed E-state index contributed by atoms with van der Waals surface area (Å²) in [5, 5.41) is 9.24. The van der Waals surface area contributed by atoms with Gasteiger partial charge in [0.05, 0.1) is 0 Å². The van der Waals surface area contributed by atoms with Gasteiger partial charge in [-0.3, -0.25) is 4.79 Å². The monoisotopic (exact) mass is 360 g/mol. The Labute approximate surface area is 149 Å². The van der Waals surface area contributed by atoms with Crippen molar-refractivity contribution in [2.45, 2.75) is 31.0 Å². The summed E-state index contributed by atoms with van der Waals surface area (Å²) in [5.41, 5.74) is 2.72. The van der Waals surface area contributed by atoms with Crippen LogP contribution in [-0.2, 0) is 4.79 Å². The van der Waals surface area contributed by atoms with Gasteiger partial charge in [0.2, 0.25) is 11.1 Å². The summed E-state index contributed by atoms with van der Waals surface area (Å²) in [6.45, 7) is 2.10.